The number of rotatable bonds is 8. The van der Waals surface area contributed by atoms with Crippen molar-refractivity contribution >= 4 is 5.69 Å². The molecule has 1 heterocycles. The Hall–Kier alpha value is -1.26. The van der Waals surface area contributed by atoms with E-state index >= 15 is 0 Å². The second-order valence-electron chi connectivity index (χ2n) is 5.46. The van der Waals surface area contributed by atoms with E-state index in [4.69, 9.17) is 9.47 Å². The highest BCUT2D eigenvalue weighted by atomic mass is 16.5. The highest BCUT2D eigenvalue weighted by molar-refractivity contribution is 5.46. The molecular weight excluding hydrogens is 252 g/mol. The number of hydrogen-bond donors (Lipinski definition) is 2. The summed E-state index contributed by atoms with van der Waals surface area (Å²) in [6.07, 6.45) is 3.03. The lowest BCUT2D eigenvalue weighted by atomic mass is 10.2. The summed E-state index contributed by atoms with van der Waals surface area (Å²) in [5.74, 6) is 0.919. The largest absolute Gasteiger partial charge is 0.491 e. The van der Waals surface area contributed by atoms with Crippen molar-refractivity contribution in [1.29, 1.82) is 0 Å². The van der Waals surface area contributed by atoms with E-state index in [0.29, 0.717) is 6.10 Å². The zero-order valence-corrected chi connectivity index (χ0v) is 12.5. The molecule has 0 aliphatic carbocycles. The van der Waals surface area contributed by atoms with Gasteiger partial charge in [-0.1, -0.05) is 0 Å². The van der Waals surface area contributed by atoms with Gasteiger partial charge in [0.2, 0.25) is 0 Å². The molecule has 0 spiro atoms. The van der Waals surface area contributed by atoms with E-state index in [-0.39, 0.29) is 6.10 Å². The predicted octanol–water partition coefficient (Wildman–Crippen LogP) is 2.65. The molecule has 1 aliphatic rings. The lowest BCUT2D eigenvalue weighted by Gasteiger charge is -2.12. The van der Waals surface area contributed by atoms with Gasteiger partial charge in [0, 0.05) is 31.9 Å². The van der Waals surface area contributed by atoms with Crippen molar-refractivity contribution in [2.45, 2.75) is 38.9 Å². The summed E-state index contributed by atoms with van der Waals surface area (Å²) in [5.41, 5.74) is 1.13. The third-order valence-electron chi connectivity index (χ3n) is 3.25. The van der Waals surface area contributed by atoms with Crippen LogP contribution in [-0.4, -0.2) is 38.4 Å². The molecule has 0 radical (unpaired) electrons. The maximum absolute atomic E-state index is 5.62. The number of benzene rings is 1. The van der Waals surface area contributed by atoms with Crippen molar-refractivity contribution in [2.75, 3.05) is 31.6 Å². The van der Waals surface area contributed by atoms with Crippen LogP contribution in [0.5, 0.6) is 5.75 Å². The van der Waals surface area contributed by atoms with Crippen LogP contribution >= 0.6 is 0 Å². The van der Waals surface area contributed by atoms with Crippen molar-refractivity contribution in [3.8, 4) is 5.75 Å². The van der Waals surface area contributed by atoms with E-state index in [2.05, 4.69) is 22.8 Å². The van der Waals surface area contributed by atoms with Gasteiger partial charge in [0.05, 0.1) is 12.2 Å². The average molecular weight is 278 g/mol. The molecule has 2 N–H and O–H groups in total. The van der Waals surface area contributed by atoms with Crippen LogP contribution in [0.1, 0.15) is 26.7 Å². The lowest BCUT2D eigenvalue weighted by molar-refractivity contribution is 0.110. The SMILES string of the molecule is CC(C)Oc1ccc(NCCNCC2CCCO2)cc1. The minimum absolute atomic E-state index is 0.218. The molecule has 1 fully saturated rings. The molecule has 4 heteroatoms. The van der Waals surface area contributed by atoms with Crippen LogP contribution in [0.2, 0.25) is 0 Å². The van der Waals surface area contributed by atoms with Crippen molar-refractivity contribution in [3.63, 3.8) is 0 Å². The lowest BCUT2D eigenvalue weighted by Crippen LogP contribution is -2.30. The molecule has 1 atom stereocenters. The molecular formula is C16H26N2O2. The Bertz CT molecular complexity index is 373. The van der Waals surface area contributed by atoms with Gasteiger partial charge in [-0.3, -0.25) is 0 Å². The van der Waals surface area contributed by atoms with Crippen molar-refractivity contribution in [1.82, 2.24) is 5.32 Å². The fraction of sp³-hybridized carbons (Fsp3) is 0.625. The van der Waals surface area contributed by atoms with Crippen LogP contribution in [0.25, 0.3) is 0 Å². The first-order chi connectivity index (χ1) is 9.74. The molecule has 1 saturated heterocycles. The van der Waals surface area contributed by atoms with Crippen molar-refractivity contribution in [2.24, 2.45) is 0 Å². The molecule has 1 aromatic carbocycles. The molecule has 2 rings (SSSR count). The van der Waals surface area contributed by atoms with Gasteiger partial charge in [0.25, 0.3) is 0 Å². The molecule has 0 bridgehead atoms. The third kappa shape index (κ3) is 5.39. The zero-order valence-electron chi connectivity index (χ0n) is 12.5. The second kappa shape index (κ2) is 8.12. The summed E-state index contributed by atoms with van der Waals surface area (Å²) in [7, 11) is 0. The number of anilines is 1. The standard InChI is InChI=1S/C16H26N2O2/c1-13(2)20-15-7-5-14(6-8-15)18-10-9-17-12-16-4-3-11-19-16/h5-8,13,16-18H,3-4,9-12H2,1-2H3. The number of nitrogens with one attached hydrogen (secondary N) is 2. The van der Waals surface area contributed by atoms with Crippen LogP contribution in [0, 0.1) is 0 Å². The van der Waals surface area contributed by atoms with Gasteiger partial charge in [-0.15, -0.1) is 0 Å². The molecule has 0 saturated carbocycles. The quantitative estimate of drug-likeness (QED) is 0.717. The number of ether oxygens (including phenoxy) is 2. The van der Waals surface area contributed by atoms with Crippen molar-refractivity contribution in [3.05, 3.63) is 24.3 Å². The summed E-state index contributed by atoms with van der Waals surface area (Å²) >= 11 is 0. The molecule has 4 nitrogen and oxygen atoms in total. The molecule has 0 amide bonds. The van der Waals surface area contributed by atoms with E-state index in [1.165, 1.54) is 12.8 Å². The van der Waals surface area contributed by atoms with Gasteiger partial charge < -0.3 is 20.1 Å². The topological polar surface area (TPSA) is 42.5 Å². The Kier molecular flexibility index (Phi) is 6.15. The van der Waals surface area contributed by atoms with Gasteiger partial charge in [0.1, 0.15) is 5.75 Å². The predicted molar refractivity (Wildman–Crippen MR) is 82.5 cm³/mol. The maximum Gasteiger partial charge on any atom is 0.119 e. The zero-order chi connectivity index (χ0) is 14.2. The molecule has 1 unspecified atom stereocenters. The Morgan fingerprint density at radius 3 is 2.70 bits per heavy atom. The third-order valence-corrected chi connectivity index (χ3v) is 3.25. The first-order valence-corrected chi connectivity index (χ1v) is 7.57. The highest BCUT2D eigenvalue weighted by Crippen LogP contribution is 2.16. The Balaban J connectivity index is 1.58. The van der Waals surface area contributed by atoms with Gasteiger partial charge in [0.15, 0.2) is 0 Å². The highest BCUT2D eigenvalue weighted by Gasteiger charge is 2.13. The second-order valence-corrected chi connectivity index (χ2v) is 5.46. The van der Waals surface area contributed by atoms with E-state index < -0.39 is 0 Å². The van der Waals surface area contributed by atoms with Gasteiger partial charge in [-0.05, 0) is 51.0 Å². The van der Waals surface area contributed by atoms with Crippen molar-refractivity contribution < 1.29 is 9.47 Å². The number of hydrogen-bond acceptors (Lipinski definition) is 4. The summed E-state index contributed by atoms with van der Waals surface area (Å²) < 4.78 is 11.2. The minimum atomic E-state index is 0.218. The van der Waals surface area contributed by atoms with Crippen LogP contribution in [0.4, 0.5) is 5.69 Å². The first-order valence-electron chi connectivity index (χ1n) is 7.57. The van der Waals surface area contributed by atoms with E-state index in [9.17, 15) is 0 Å². The van der Waals surface area contributed by atoms with Crippen LogP contribution in [0.15, 0.2) is 24.3 Å². The fourth-order valence-electron chi connectivity index (χ4n) is 2.29. The average Bonchev–Trinajstić information content (AvgIpc) is 2.93. The molecule has 112 valence electrons. The Morgan fingerprint density at radius 2 is 2.05 bits per heavy atom. The minimum Gasteiger partial charge on any atom is -0.491 e. The smallest absolute Gasteiger partial charge is 0.119 e. The van der Waals surface area contributed by atoms with Crippen LogP contribution < -0.4 is 15.4 Å². The van der Waals surface area contributed by atoms with Gasteiger partial charge in [-0.2, -0.15) is 0 Å². The molecule has 1 aliphatic heterocycles. The summed E-state index contributed by atoms with van der Waals surface area (Å²) in [6, 6.07) is 8.11. The van der Waals surface area contributed by atoms with Crippen LogP contribution in [-0.2, 0) is 4.74 Å². The Labute approximate surface area is 121 Å². The van der Waals surface area contributed by atoms with E-state index in [1.807, 2.05) is 26.0 Å². The maximum atomic E-state index is 5.62. The monoisotopic (exact) mass is 278 g/mol. The summed E-state index contributed by atoms with van der Waals surface area (Å²) in [4.78, 5) is 0. The van der Waals surface area contributed by atoms with Gasteiger partial charge in [-0.25, -0.2) is 0 Å². The molecule has 1 aromatic rings. The first kappa shape index (κ1) is 15.1. The molecule has 20 heavy (non-hydrogen) atoms. The summed E-state index contributed by atoms with van der Waals surface area (Å²) in [6.45, 7) is 7.82. The van der Waals surface area contributed by atoms with Crippen LogP contribution in [0.3, 0.4) is 0 Å². The normalized spacial score (nSPS) is 18.4. The van der Waals surface area contributed by atoms with E-state index in [0.717, 1.165) is 37.7 Å². The molecule has 0 aromatic heterocycles. The summed E-state index contributed by atoms with van der Waals surface area (Å²) in [5, 5.41) is 6.81. The fourth-order valence-corrected chi connectivity index (χ4v) is 2.29. The van der Waals surface area contributed by atoms with E-state index in [1.54, 1.807) is 0 Å². The van der Waals surface area contributed by atoms with Gasteiger partial charge >= 0.3 is 0 Å². The Morgan fingerprint density at radius 1 is 1.25 bits per heavy atom.